The van der Waals surface area contributed by atoms with Crippen molar-refractivity contribution >= 4 is 29.2 Å². The Morgan fingerprint density at radius 3 is 2.14 bits per heavy atom. The minimum absolute atomic E-state index is 0.233. The van der Waals surface area contributed by atoms with E-state index in [1.807, 2.05) is 6.07 Å². The third-order valence-corrected chi connectivity index (χ3v) is 4.51. The van der Waals surface area contributed by atoms with Gasteiger partial charge in [0.25, 0.3) is 0 Å². The number of esters is 1. The van der Waals surface area contributed by atoms with E-state index in [9.17, 15) is 14.4 Å². The normalized spacial score (nSPS) is 17.4. The molecular formula is C21H22N2O5. The van der Waals surface area contributed by atoms with E-state index >= 15 is 0 Å². The van der Waals surface area contributed by atoms with Gasteiger partial charge in [-0.1, -0.05) is 24.3 Å². The minimum Gasteiger partial charge on any atom is -0.495 e. The zero-order valence-electron chi connectivity index (χ0n) is 15.7. The van der Waals surface area contributed by atoms with Gasteiger partial charge in [0, 0.05) is 0 Å². The van der Waals surface area contributed by atoms with Gasteiger partial charge in [-0.05, 0) is 37.6 Å². The molecule has 1 aliphatic carbocycles. The fourth-order valence-corrected chi connectivity index (χ4v) is 2.95. The van der Waals surface area contributed by atoms with E-state index in [0.29, 0.717) is 23.5 Å². The van der Waals surface area contributed by atoms with Crippen molar-refractivity contribution < 1.29 is 23.9 Å². The molecule has 1 saturated carbocycles. The Morgan fingerprint density at radius 2 is 1.50 bits per heavy atom. The molecule has 0 bridgehead atoms. The Kier molecular flexibility index (Phi) is 5.93. The quantitative estimate of drug-likeness (QED) is 0.718. The Balaban J connectivity index is 1.62. The maximum absolute atomic E-state index is 12.5. The van der Waals surface area contributed by atoms with Crippen LogP contribution in [0.3, 0.4) is 0 Å². The Morgan fingerprint density at radius 1 is 0.929 bits per heavy atom. The third kappa shape index (κ3) is 4.31. The first-order valence-corrected chi connectivity index (χ1v) is 9.06. The molecule has 0 aliphatic heterocycles. The average molecular weight is 382 g/mol. The van der Waals surface area contributed by atoms with Crippen molar-refractivity contribution in [2.24, 2.45) is 11.8 Å². The van der Waals surface area contributed by atoms with Gasteiger partial charge in [-0.15, -0.1) is 0 Å². The monoisotopic (exact) mass is 382 g/mol. The molecule has 2 N–H and O–H groups in total. The van der Waals surface area contributed by atoms with Gasteiger partial charge >= 0.3 is 5.97 Å². The number of carbonyl (C=O) groups excluding carboxylic acids is 3. The van der Waals surface area contributed by atoms with Crippen LogP contribution in [0.4, 0.5) is 11.4 Å². The van der Waals surface area contributed by atoms with Crippen LogP contribution in [0.5, 0.6) is 5.75 Å². The average Bonchev–Trinajstić information content (AvgIpc) is 3.50. The van der Waals surface area contributed by atoms with Crippen molar-refractivity contribution in [2.45, 2.75) is 13.3 Å². The summed E-state index contributed by atoms with van der Waals surface area (Å²) in [5.41, 5.74) is 1.23. The number of nitrogens with one attached hydrogen (secondary N) is 2. The lowest BCUT2D eigenvalue weighted by molar-refractivity contribution is -0.122. The van der Waals surface area contributed by atoms with Crippen molar-refractivity contribution in [1.82, 2.24) is 0 Å². The molecule has 3 rings (SSSR count). The summed E-state index contributed by atoms with van der Waals surface area (Å²) in [6.07, 6.45) is 0.453. The number of hydrogen-bond acceptors (Lipinski definition) is 5. The van der Waals surface area contributed by atoms with Gasteiger partial charge < -0.3 is 20.1 Å². The highest BCUT2D eigenvalue weighted by molar-refractivity contribution is 6.06. The summed E-state index contributed by atoms with van der Waals surface area (Å²) in [5, 5.41) is 5.54. The Bertz CT molecular complexity index is 896. The number of amides is 2. The van der Waals surface area contributed by atoms with Crippen LogP contribution in [-0.4, -0.2) is 31.5 Å². The summed E-state index contributed by atoms with van der Waals surface area (Å²) in [6.45, 7) is 1.96. The summed E-state index contributed by atoms with van der Waals surface area (Å²) in [7, 11) is 1.53. The SMILES string of the molecule is CCOC(=O)c1ccccc1NC(=O)C1CC1C(=O)Nc1ccccc1OC. The van der Waals surface area contributed by atoms with Crippen LogP contribution in [0.1, 0.15) is 23.7 Å². The van der Waals surface area contributed by atoms with Crippen LogP contribution in [-0.2, 0) is 14.3 Å². The molecule has 1 fully saturated rings. The van der Waals surface area contributed by atoms with Gasteiger partial charge in [-0.3, -0.25) is 9.59 Å². The molecule has 146 valence electrons. The summed E-state index contributed by atoms with van der Waals surface area (Å²) in [6, 6.07) is 13.7. The molecule has 0 heterocycles. The molecule has 0 aromatic heterocycles. The third-order valence-electron chi connectivity index (χ3n) is 4.51. The maximum atomic E-state index is 12.5. The largest absolute Gasteiger partial charge is 0.495 e. The van der Waals surface area contributed by atoms with Gasteiger partial charge in [0.1, 0.15) is 5.75 Å². The van der Waals surface area contributed by atoms with Gasteiger partial charge in [-0.2, -0.15) is 0 Å². The number of carbonyl (C=O) groups is 3. The molecule has 1 aliphatic rings. The molecule has 2 unspecified atom stereocenters. The highest BCUT2D eigenvalue weighted by Crippen LogP contribution is 2.41. The Labute approximate surface area is 163 Å². The van der Waals surface area contributed by atoms with E-state index < -0.39 is 17.8 Å². The van der Waals surface area contributed by atoms with Crippen LogP contribution >= 0.6 is 0 Å². The molecule has 0 saturated heterocycles. The van der Waals surface area contributed by atoms with Crippen LogP contribution in [0.2, 0.25) is 0 Å². The zero-order chi connectivity index (χ0) is 20.1. The van der Waals surface area contributed by atoms with E-state index in [1.54, 1.807) is 49.4 Å². The molecule has 7 nitrogen and oxygen atoms in total. The van der Waals surface area contributed by atoms with Crippen LogP contribution in [0.15, 0.2) is 48.5 Å². The zero-order valence-corrected chi connectivity index (χ0v) is 15.7. The number of para-hydroxylation sites is 3. The predicted octanol–water partition coefficient (Wildman–Crippen LogP) is 3.09. The number of ether oxygens (including phenoxy) is 2. The molecule has 0 radical (unpaired) electrons. The van der Waals surface area contributed by atoms with E-state index in [1.165, 1.54) is 7.11 Å². The number of benzene rings is 2. The van der Waals surface area contributed by atoms with Gasteiger partial charge in [0.05, 0.1) is 42.5 Å². The van der Waals surface area contributed by atoms with Gasteiger partial charge in [0.2, 0.25) is 11.8 Å². The van der Waals surface area contributed by atoms with Gasteiger partial charge in [0.15, 0.2) is 0 Å². The van der Waals surface area contributed by atoms with Crippen molar-refractivity contribution in [1.29, 1.82) is 0 Å². The molecule has 2 amide bonds. The second-order valence-electron chi connectivity index (χ2n) is 6.39. The first-order chi connectivity index (χ1) is 13.5. The fraction of sp³-hybridized carbons (Fsp3) is 0.286. The van der Waals surface area contributed by atoms with Crippen molar-refractivity contribution in [2.75, 3.05) is 24.4 Å². The molecular weight excluding hydrogens is 360 g/mol. The van der Waals surface area contributed by atoms with Crippen molar-refractivity contribution in [3.63, 3.8) is 0 Å². The molecule has 28 heavy (non-hydrogen) atoms. The summed E-state index contributed by atoms with van der Waals surface area (Å²) < 4.78 is 10.2. The smallest absolute Gasteiger partial charge is 0.340 e. The van der Waals surface area contributed by atoms with Crippen molar-refractivity contribution in [3.8, 4) is 5.75 Å². The lowest BCUT2D eigenvalue weighted by Gasteiger charge is -2.11. The second kappa shape index (κ2) is 8.56. The van der Waals surface area contributed by atoms with E-state index in [0.717, 1.165) is 0 Å². The topological polar surface area (TPSA) is 93.7 Å². The number of anilines is 2. The maximum Gasteiger partial charge on any atom is 0.340 e. The lowest BCUT2D eigenvalue weighted by Crippen LogP contribution is -2.22. The predicted molar refractivity (Wildman–Crippen MR) is 104 cm³/mol. The number of rotatable bonds is 7. The summed E-state index contributed by atoms with van der Waals surface area (Å²) >= 11 is 0. The molecule has 0 spiro atoms. The van der Waals surface area contributed by atoms with E-state index in [2.05, 4.69) is 10.6 Å². The molecule has 2 aromatic carbocycles. The highest BCUT2D eigenvalue weighted by Gasteiger charge is 2.48. The molecule has 2 atom stereocenters. The van der Waals surface area contributed by atoms with Gasteiger partial charge in [-0.25, -0.2) is 4.79 Å². The molecule has 7 heteroatoms. The highest BCUT2D eigenvalue weighted by atomic mass is 16.5. The fourth-order valence-electron chi connectivity index (χ4n) is 2.95. The lowest BCUT2D eigenvalue weighted by atomic mass is 10.1. The van der Waals surface area contributed by atoms with E-state index in [-0.39, 0.29) is 24.0 Å². The standard InChI is InChI=1S/C21H22N2O5/c1-3-28-21(26)13-8-4-5-9-16(13)22-19(24)14-12-15(14)20(25)23-17-10-6-7-11-18(17)27-2/h4-11,14-15H,3,12H2,1-2H3,(H,22,24)(H,23,25). The van der Waals surface area contributed by atoms with Crippen LogP contribution in [0, 0.1) is 11.8 Å². The summed E-state index contributed by atoms with van der Waals surface area (Å²) in [5.74, 6) is -1.33. The number of hydrogen-bond donors (Lipinski definition) is 2. The first-order valence-electron chi connectivity index (χ1n) is 9.06. The minimum atomic E-state index is -0.500. The van der Waals surface area contributed by atoms with Crippen LogP contribution < -0.4 is 15.4 Å². The van der Waals surface area contributed by atoms with Crippen molar-refractivity contribution in [3.05, 3.63) is 54.1 Å². The summed E-state index contributed by atoms with van der Waals surface area (Å²) in [4.78, 5) is 37.0. The Hall–Kier alpha value is -3.35. The molecule has 2 aromatic rings. The number of methoxy groups -OCH3 is 1. The van der Waals surface area contributed by atoms with Crippen LogP contribution in [0.25, 0.3) is 0 Å². The second-order valence-corrected chi connectivity index (χ2v) is 6.39. The van der Waals surface area contributed by atoms with E-state index in [4.69, 9.17) is 9.47 Å². The first kappa shape index (κ1) is 19.4.